The van der Waals surface area contributed by atoms with Gasteiger partial charge in [-0.05, 0) is 26.0 Å². The Kier molecular flexibility index (Phi) is 3.07. The number of hydrogen-bond donors (Lipinski definition) is 0. The van der Waals surface area contributed by atoms with Crippen molar-refractivity contribution in [3.8, 4) is 0 Å². The molecule has 0 N–H and O–H groups in total. The van der Waals surface area contributed by atoms with Crippen LogP contribution in [-0.2, 0) is 0 Å². The molecule has 1 heterocycles. The monoisotopic (exact) mass is 125 g/mol. The van der Waals surface area contributed by atoms with E-state index in [1.54, 1.807) is 0 Å². The smallest absolute Gasteiger partial charge is 0.0274 e. The molecule has 0 atom stereocenters. The van der Waals surface area contributed by atoms with Gasteiger partial charge in [0.1, 0.15) is 0 Å². The molecule has 0 unspecified atom stereocenters. The minimum absolute atomic E-state index is 0. The van der Waals surface area contributed by atoms with Gasteiger partial charge in [-0.2, -0.15) is 0 Å². The molecule has 9 heavy (non-hydrogen) atoms. The summed E-state index contributed by atoms with van der Waals surface area (Å²) >= 11 is 0. The van der Waals surface area contributed by atoms with Gasteiger partial charge >= 0.3 is 0 Å². The lowest BCUT2D eigenvalue weighted by Gasteiger charge is -2.03. The molecule has 0 aliphatic carbocycles. The van der Waals surface area contributed by atoms with E-state index in [2.05, 4.69) is 30.8 Å². The molecule has 52 valence electrons. The second-order valence-corrected chi connectivity index (χ2v) is 2.22. The van der Waals surface area contributed by atoms with Gasteiger partial charge in [-0.25, -0.2) is 0 Å². The van der Waals surface area contributed by atoms with Crippen LogP contribution in [0.3, 0.4) is 0 Å². The lowest BCUT2D eigenvalue weighted by molar-refractivity contribution is 0.604. The highest BCUT2D eigenvalue weighted by Gasteiger charge is 1.89. The fourth-order valence-electron chi connectivity index (χ4n) is 0.692. The Morgan fingerprint density at radius 3 is 1.78 bits per heavy atom. The van der Waals surface area contributed by atoms with E-state index in [1.165, 1.54) is 0 Å². The highest BCUT2D eigenvalue weighted by Crippen LogP contribution is 2.01. The molecule has 0 radical (unpaired) electrons. The number of aromatic nitrogens is 1. The van der Waals surface area contributed by atoms with Crippen LogP contribution < -0.4 is 0 Å². The van der Waals surface area contributed by atoms with Crippen LogP contribution in [0.4, 0.5) is 0 Å². The summed E-state index contributed by atoms with van der Waals surface area (Å²) < 4.78 is 2.17. The van der Waals surface area contributed by atoms with Gasteiger partial charge in [-0.1, -0.05) is 7.43 Å². The van der Waals surface area contributed by atoms with Gasteiger partial charge in [0.25, 0.3) is 0 Å². The van der Waals surface area contributed by atoms with Crippen LogP contribution in [0.15, 0.2) is 24.5 Å². The standard InChI is InChI=1S/C7H11N.CH4/c1-7(2)8-5-3-4-6-8;/h3-7H,1-2H3;1H4. The molecule has 1 rings (SSSR count). The summed E-state index contributed by atoms with van der Waals surface area (Å²) in [5.74, 6) is 0. The van der Waals surface area contributed by atoms with Gasteiger partial charge in [-0.15, -0.1) is 0 Å². The van der Waals surface area contributed by atoms with E-state index in [1.807, 2.05) is 12.1 Å². The van der Waals surface area contributed by atoms with E-state index in [-0.39, 0.29) is 7.43 Å². The molecule has 0 aliphatic rings. The Hall–Kier alpha value is -0.720. The second-order valence-electron chi connectivity index (χ2n) is 2.22. The Balaban J connectivity index is 0.000000640. The number of rotatable bonds is 1. The summed E-state index contributed by atoms with van der Waals surface area (Å²) in [7, 11) is 0. The largest absolute Gasteiger partial charge is 0.352 e. The predicted molar refractivity (Wildman–Crippen MR) is 41.5 cm³/mol. The van der Waals surface area contributed by atoms with E-state index in [9.17, 15) is 0 Å². The molecular weight excluding hydrogens is 110 g/mol. The SMILES string of the molecule is C.CC(C)n1cccc1. The number of nitrogens with zero attached hydrogens (tertiary/aromatic N) is 1. The summed E-state index contributed by atoms with van der Waals surface area (Å²) in [5, 5.41) is 0. The van der Waals surface area contributed by atoms with Crippen molar-refractivity contribution in [3.05, 3.63) is 24.5 Å². The van der Waals surface area contributed by atoms with Crippen molar-refractivity contribution in [1.82, 2.24) is 4.57 Å². The molecule has 0 amide bonds. The zero-order valence-electron chi connectivity index (χ0n) is 5.33. The second kappa shape index (κ2) is 3.33. The maximum absolute atomic E-state index is 2.17. The van der Waals surface area contributed by atoms with E-state index >= 15 is 0 Å². The third-order valence-electron chi connectivity index (χ3n) is 1.22. The fourth-order valence-corrected chi connectivity index (χ4v) is 0.692. The van der Waals surface area contributed by atoms with Gasteiger partial charge < -0.3 is 4.57 Å². The molecule has 0 fully saturated rings. The lowest BCUT2D eigenvalue weighted by Crippen LogP contribution is -1.94. The van der Waals surface area contributed by atoms with Crippen molar-refractivity contribution in [2.45, 2.75) is 27.3 Å². The zero-order chi connectivity index (χ0) is 5.98. The molecular formula is C8H15N. The van der Waals surface area contributed by atoms with Crippen LogP contribution in [0.5, 0.6) is 0 Å². The predicted octanol–water partition coefficient (Wildman–Crippen LogP) is 2.71. The van der Waals surface area contributed by atoms with Crippen LogP contribution in [0.1, 0.15) is 27.3 Å². The highest BCUT2D eigenvalue weighted by atomic mass is 15.0. The van der Waals surface area contributed by atoms with E-state index in [4.69, 9.17) is 0 Å². The summed E-state index contributed by atoms with van der Waals surface area (Å²) in [6.07, 6.45) is 4.15. The van der Waals surface area contributed by atoms with Crippen LogP contribution in [0.2, 0.25) is 0 Å². The molecule has 1 aromatic heterocycles. The number of hydrogen-bond acceptors (Lipinski definition) is 0. The minimum Gasteiger partial charge on any atom is -0.352 e. The molecule has 1 heteroatoms. The van der Waals surface area contributed by atoms with Crippen LogP contribution in [-0.4, -0.2) is 4.57 Å². The molecule has 0 saturated carbocycles. The van der Waals surface area contributed by atoms with E-state index < -0.39 is 0 Å². The summed E-state index contributed by atoms with van der Waals surface area (Å²) in [6, 6.07) is 4.69. The third kappa shape index (κ3) is 1.92. The van der Waals surface area contributed by atoms with E-state index in [0.717, 1.165) is 0 Å². The molecule has 0 bridgehead atoms. The van der Waals surface area contributed by atoms with Crippen molar-refractivity contribution >= 4 is 0 Å². The quantitative estimate of drug-likeness (QED) is 0.544. The van der Waals surface area contributed by atoms with Gasteiger partial charge in [-0.3, -0.25) is 0 Å². The average Bonchev–Trinajstić information content (AvgIpc) is 2.12. The first kappa shape index (κ1) is 8.28. The third-order valence-corrected chi connectivity index (χ3v) is 1.22. The molecule has 0 saturated heterocycles. The first-order valence-corrected chi connectivity index (χ1v) is 2.93. The van der Waals surface area contributed by atoms with Crippen LogP contribution >= 0.6 is 0 Å². The van der Waals surface area contributed by atoms with Crippen molar-refractivity contribution in [3.63, 3.8) is 0 Å². The molecule has 0 aromatic carbocycles. The summed E-state index contributed by atoms with van der Waals surface area (Å²) in [4.78, 5) is 0. The lowest BCUT2D eigenvalue weighted by atomic mass is 10.4. The average molecular weight is 125 g/mol. The van der Waals surface area contributed by atoms with Crippen molar-refractivity contribution in [2.75, 3.05) is 0 Å². The first-order chi connectivity index (χ1) is 3.80. The first-order valence-electron chi connectivity index (χ1n) is 2.93. The summed E-state index contributed by atoms with van der Waals surface area (Å²) in [6.45, 7) is 4.33. The maximum Gasteiger partial charge on any atom is 0.0274 e. The van der Waals surface area contributed by atoms with Crippen molar-refractivity contribution < 1.29 is 0 Å². The van der Waals surface area contributed by atoms with Gasteiger partial charge in [0.2, 0.25) is 0 Å². The molecule has 1 nitrogen and oxygen atoms in total. The minimum atomic E-state index is 0. The summed E-state index contributed by atoms with van der Waals surface area (Å²) in [5.41, 5.74) is 0. The maximum atomic E-state index is 2.17. The van der Waals surface area contributed by atoms with Crippen molar-refractivity contribution in [1.29, 1.82) is 0 Å². The van der Waals surface area contributed by atoms with Gasteiger partial charge in [0.15, 0.2) is 0 Å². The molecule has 0 spiro atoms. The highest BCUT2D eigenvalue weighted by molar-refractivity contribution is 4.91. The normalized spacial score (nSPS) is 9.22. The topological polar surface area (TPSA) is 4.93 Å². The van der Waals surface area contributed by atoms with Crippen molar-refractivity contribution in [2.24, 2.45) is 0 Å². The zero-order valence-corrected chi connectivity index (χ0v) is 5.33. The molecule has 1 aromatic rings. The Bertz CT molecular complexity index is 140. The van der Waals surface area contributed by atoms with Gasteiger partial charge in [0, 0.05) is 18.4 Å². The van der Waals surface area contributed by atoms with Gasteiger partial charge in [0.05, 0.1) is 0 Å². The van der Waals surface area contributed by atoms with Crippen LogP contribution in [0.25, 0.3) is 0 Å². The molecule has 0 aliphatic heterocycles. The Labute approximate surface area is 57.3 Å². The Morgan fingerprint density at radius 1 is 1.11 bits per heavy atom. The van der Waals surface area contributed by atoms with Crippen LogP contribution in [0, 0.1) is 0 Å². The fraction of sp³-hybridized carbons (Fsp3) is 0.500. The Morgan fingerprint density at radius 2 is 1.56 bits per heavy atom. The van der Waals surface area contributed by atoms with E-state index in [0.29, 0.717) is 6.04 Å².